The largest absolute Gasteiger partial charge is 0.356 e. The van der Waals surface area contributed by atoms with Crippen molar-refractivity contribution in [3.8, 4) is 0 Å². The highest BCUT2D eigenvalue weighted by atomic mass is 35.5. The Morgan fingerprint density at radius 2 is 2.05 bits per heavy atom. The first kappa shape index (κ1) is 14.5. The van der Waals surface area contributed by atoms with Gasteiger partial charge in [0.05, 0.1) is 10.9 Å². The van der Waals surface area contributed by atoms with Crippen molar-refractivity contribution in [3.63, 3.8) is 0 Å². The topological polar surface area (TPSA) is 41.9 Å². The number of fused-ring (bicyclic) bond motifs is 1. The third-order valence-corrected chi connectivity index (χ3v) is 4.56. The summed E-state index contributed by atoms with van der Waals surface area (Å²) in [5.41, 5.74) is 3.00. The molecule has 1 fully saturated rings. The number of nitrogens with zero attached hydrogens (tertiary/aromatic N) is 4. The van der Waals surface area contributed by atoms with Crippen LogP contribution in [-0.4, -0.2) is 28.0 Å². The first-order valence-electron chi connectivity index (χ1n) is 7.60. The number of hydrogen-bond donors (Lipinski definition) is 0. The minimum atomic E-state index is 0.322. The van der Waals surface area contributed by atoms with Crippen LogP contribution in [0.4, 0.5) is 5.82 Å². The number of hydrogen-bond acceptors (Lipinski definition) is 4. The smallest absolute Gasteiger partial charge is 0.224 e. The van der Waals surface area contributed by atoms with Gasteiger partial charge in [0.1, 0.15) is 5.82 Å². The Kier molecular flexibility index (Phi) is 3.98. The fourth-order valence-corrected chi connectivity index (χ4v) is 3.22. The molecule has 112 valence electrons. The van der Waals surface area contributed by atoms with E-state index in [0.717, 1.165) is 41.1 Å². The van der Waals surface area contributed by atoms with Crippen molar-refractivity contribution in [3.05, 3.63) is 22.7 Å². The SMILES string of the molecule is Cc1ncc2c(N3CCCCC(C)C3)nc(Cl)nc2c1C. The Labute approximate surface area is 130 Å². The number of pyridine rings is 1. The van der Waals surface area contributed by atoms with Crippen molar-refractivity contribution >= 4 is 28.3 Å². The number of aromatic nitrogens is 3. The normalized spacial score (nSPS) is 19.8. The van der Waals surface area contributed by atoms with Gasteiger partial charge in [-0.05, 0) is 49.8 Å². The van der Waals surface area contributed by atoms with E-state index in [4.69, 9.17) is 11.6 Å². The van der Waals surface area contributed by atoms with E-state index in [1.54, 1.807) is 0 Å². The Morgan fingerprint density at radius 1 is 1.24 bits per heavy atom. The van der Waals surface area contributed by atoms with Crippen LogP contribution in [-0.2, 0) is 0 Å². The molecular formula is C16H21ClN4. The van der Waals surface area contributed by atoms with Crippen LogP contribution in [0.25, 0.3) is 10.9 Å². The molecule has 0 bridgehead atoms. The van der Waals surface area contributed by atoms with Gasteiger partial charge in [0.25, 0.3) is 0 Å². The van der Waals surface area contributed by atoms with E-state index in [1.807, 2.05) is 20.0 Å². The van der Waals surface area contributed by atoms with Gasteiger partial charge in [0, 0.05) is 25.0 Å². The minimum absolute atomic E-state index is 0.322. The predicted octanol–water partition coefficient (Wildman–Crippen LogP) is 3.92. The molecule has 1 unspecified atom stereocenters. The van der Waals surface area contributed by atoms with E-state index >= 15 is 0 Å². The third-order valence-electron chi connectivity index (χ3n) is 4.39. The van der Waals surface area contributed by atoms with Crippen LogP contribution in [0, 0.1) is 19.8 Å². The molecule has 4 nitrogen and oxygen atoms in total. The summed E-state index contributed by atoms with van der Waals surface area (Å²) in [7, 11) is 0. The zero-order valence-electron chi connectivity index (χ0n) is 12.9. The highest BCUT2D eigenvalue weighted by Gasteiger charge is 2.20. The van der Waals surface area contributed by atoms with Crippen molar-refractivity contribution in [2.24, 2.45) is 5.92 Å². The van der Waals surface area contributed by atoms with Crippen LogP contribution in [0.5, 0.6) is 0 Å². The van der Waals surface area contributed by atoms with Gasteiger partial charge in [-0.15, -0.1) is 0 Å². The molecule has 0 radical (unpaired) electrons. The highest BCUT2D eigenvalue weighted by Crippen LogP contribution is 2.30. The quantitative estimate of drug-likeness (QED) is 0.749. The van der Waals surface area contributed by atoms with E-state index in [1.165, 1.54) is 19.3 Å². The molecule has 1 atom stereocenters. The molecular weight excluding hydrogens is 284 g/mol. The standard InChI is InChI=1S/C16H21ClN4/c1-10-6-4-5-7-21(9-10)15-13-8-18-12(3)11(2)14(13)19-16(17)20-15/h8,10H,4-7,9H2,1-3H3. The summed E-state index contributed by atoms with van der Waals surface area (Å²) in [5.74, 6) is 1.62. The fourth-order valence-electron chi connectivity index (χ4n) is 3.05. The van der Waals surface area contributed by atoms with E-state index in [0.29, 0.717) is 11.2 Å². The van der Waals surface area contributed by atoms with E-state index in [9.17, 15) is 0 Å². The van der Waals surface area contributed by atoms with E-state index in [-0.39, 0.29) is 0 Å². The average molecular weight is 305 g/mol. The zero-order chi connectivity index (χ0) is 15.0. The summed E-state index contributed by atoms with van der Waals surface area (Å²) in [6.45, 7) is 8.40. The van der Waals surface area contributed by atoms with Crippen molar-refractivity contribution in [2.45, 2.75) is 40.0 Å². The second-order valence-corrected chi connectivity index (χ2v) is 6.43. The van der Waals surface area contributed by atoms with Gasteiger partial charge in [0.2, 0.25) is 5.28 Å². The molecule has 1 saturated heterocycles. The molecule has 2 aromatic rings. The lowest BCUT2D eigenvalue weighted by Gasteiger charge is -2.25. The first-order chi connectivity index (χ1) is 10.1. The van der Waals surface area contributed by atoms with Crippen LogP contribution in [0.15, 0.2) is 6.20 Å². The monoisotopic (exact) mass is 304 g/mol. The average Bonchev–Trinajstić information content (AvgIpc) is 2.67. The molecule has 0 spiro atoms. The summed E-state index contributed by atoms with van der Waals surface area (Å²) in [6.07, 6.45) is 5.65. The molecule has 0 aromatic carbocycles. The fraction of sp³-hybridized carbons (Fsp3) is 0.562. The Hall–Kier alpha value is -1.42. The predicted molar refractivity (Wildman–Crippen MR) is 87.0 cm³/mol. The maximum Gasteiger partial charge on any atom is 0.224 e. The zero-order valence-corrected chi connectivity index (χ0v) is 13.6. The Bertz CT molecular complexity index is 671. The number of anilines is 1. The van der Waals surface area contributed by atoms with Crippen molar-refractivity contribution in [1.82, 2.24) is 15.0 Å². The number of aryl methyl sites for hydroxylation is 2. The summed E-state index contributed by atoms with van der Waals surface area (Å²) in [5, 5.41) is 1.33. The van der Waals surface area contributed by atoms with Gasteiger partial charge in [-0.3, -0.25) is 4.98 Å². The molecule has 0 amide bonds. The Morgan fingerprint density at radius 3 is 2.86 bits per heavy atom. The van der Waals surface area contributed by atoms with Gasteiger partial charge in [-0.1, -0.05) is 13.3 Å². The Balaban J connectivity index is 2.15. The molecule has 2 aromatic heterocycles. The van der Waals surface area contributed by atoms with Crippen molar-refractivity contribution < 1.29 is 0 Å². The second kappa shape index (κ2) is 5.76. The van der Waals surface area contributed by atoms with Crippen molar-refractivity contribution in [1.29, 1.82) is 0 Å². The molecule has 21 heavy (non-hydrogen) atoms. The summed E-state index contributed by atoms with van der Waals surface area (Å²) in [4.78, 5) is 15.8. The molecule has 3 rings (SSSR count). The molecule has 0 N–H and O–H groups in total. The van der Waals surface area contributed by atoms with Gasteiger partial charge < -0.3 is 4.90 Å². The molecule has 1 aliphatic rings. The lowest BCUT2D eigenvalue weighted by Crippen LogP contribution is -2.28. The van der Waals surface area contributed by atoms with E-state index in [2.05, 4.69) is 26.8 Å². The number of rotatable bonds is 1. The van der Waals surface area contributed by atoms with Crippen LogP contribution in [0.3, 0.4) is 0 Å². The van der Waals surface area contributed by atoms with Gasteiger partial charge in [-0.2, -0.15) is 4.98 Å². The highest BCUT2D eigenvalue weighted by molar-refractivity contribution is 6.28. The van der Waals surface area contributed by atoms with Crippen LogP contribution in [0.1, 0.15) is 37.4 Å². The van der Waals surface area contributed by atoms with E-state index < -0.39 is 0 Å². The molecule has 0 aliphatic carbocycles. The molecule has 5 heteroatoms. The lowest BCUT2D eigenvalue weighted by atomic mass is 10.1. The lowest BCUT2D eigenvalue weighted by molar-refractivity contribution is 0.544. The maximum absolute atomic E-state index is 6.18. The van der Waals surface area contributed by atoms with Crippen LogP contribution >= 0.6 is 11.6 Å². The number of halogens is 1. The molecule has 3 heterocycles. The second-order valence-electron chi connectivity index (χ2n) is 6.09. The van der Waals surface area contributed by atoms with Gasteiger partial charge >= 0.3 is 0 Å². The van der Waals surface area contributed by atoms with Gasteiger partial charge in [-0.25, -0.2) is 4.98 Å². The maximum atomic E-state index is 6.18. The van der Waals surface area contributed by atoms with Crippen LogP contribution < -0.4 is 4.90 Å². The van der Waals surface area contributed by atoms with Gasteiger partial charge in [0.15, 0.2) is 0 Å². The molecule has 1 aliphatic heterocycles. The van der Waals surface area contributed by atoms with Crippen LogP contribution in [0.2, 0.25) is 5.28 Å². The first-order valence-corrected chi connectivity index (χ1v) is 7.98. The summed E-state index contributed by atoms with van der Waals surface area (Å²) < 4.78 is 0. The summed E-state index contributed by atoms with van der Waals surface area (Å²) in [6, 6.07) is 0. The minimum Gasteiger partial charge on any atom is -0.356 e. The van der Waals surface area contributed by atoms with Crippen molar-refractivity contribution in [2.75, 3.05) is 18.0 Å². The third kappa shape index (κ3) is 2.82. The summed E-state index contributed by atoms with van der Waals surface area (Å²) >= 11 is 6.18. The molecule has 0 saturated carbocycles.